The number of aliphatic hydroxyl groups is 1. The predicted octanol–water partition coefficient (Wildman–Crippen LogP) is 5.51. The van der Waals surface area contributed by atoms with Gasteiger partial charge >= 0.3 is 6.03 Å². The second-order valence-corrected chi connectivity index (χ2v) is 14.9. The molecule has 4 rings (SSSR count). The third-order valence-electron chi connectivity index (χ3n) is 7.94. The Balaban J connectivity index is 1.62. The molecule has 0 fully saturated rings. The number of urea groups is 1. The first kappa shape index (κ1) is 35.4. The number of ether oxygens (including phenoxy) is 2. The quantitative estimate of drug-likeness (QED) is 0.287. The van der Waals surface area contributed by atoms with E-state index in [1.165, 1.54) is 11.4 Å². The Morgan fingerprint density at radius 1 is 1.09 bits per heavy atom. The molecular weight excluding hydrogens is 629 g/mol. The molecule has 46 heavy (non-hydrogen) atoms. The minimum Gasteiger partial charge on any atom is -0.490 e. The van der Waals surface area contributed by atoms with Crippen LogP contribution in [0.3, 0.4) is 0 Å². The van der Waals surface area contributed by atoms with Gasteiger partial charge in [-0.25, -0.2) is 13.2 Å². The molecule has 1 aliphatic rings. The molecule has 2 heterocycles. The lowest BCUT2D eigenvalue weighted by atomic mass is 10.0. The van der Waals surface area contributed by atoms with Gasteiger partial charge in [-0.3, -0.25) is 4.79 Å². The number of hydrogen-bond donors (Lipinski definition) is 3. The summed E-state index contributed by atoms with van der Waals surface area (Å²) in [5.74, 6) is -0.317. The summed E-state index contributed by atoms with van der Waals surface area (Å²) < 4.78 is 40.5. The van der Waals surface area contributed by atoms with Gasteiger partial charge in [0, 0.05) is 44.0 Å². The highest BCUT2D eigenvalue weighted by atomic mass is 32.2. The number of benzene rings is 2. The van der Waals surface area contributed by atoms with Crippen molar-refractivity contribution in [3.05, 3.63) is 71.6 Å². The molecule has 11 nitrogen and oxygen atoms in total. The van der Waals surface area contributed by atoms with Gasteiger partial charge in [0.25, 0.3) is 15.9 Å². The maximum atomic E-state index is 14.3. The van der Waals surface area contributed by atoms with Crippen LogP contribution in [0.15, 0.2) is 70.3 Å². The van der Waals surface area contributed by atoms with E-state index in [-0.39, 0.29) is 41.5 Å². The molecule has 0 spiro atoms. The number of nitrogens with one attached hydrogen (secondary N) is 2. The first-order valence-corrected chi connectivity index (χ1v) is 17.8. The van der Waals surface area contributed by atoms with E-state index in [0.29, 0.717) is 30.2 Å². The van der Waals surface area contributed by atoms with Crippen LogP contribution in [0, 0.1) is 5.92 Å². The second-order valence-electron chi connectivity index (χ2n) is 11.7. The number of rotatable bonds is 8. The first-order valence-electron chi connectivity index (χ1n) is 15.5. The zero-order chi connectivity index (χ0) is 33.3. The summed E-state index contributed by atoms with van der Waals surface area (Å²) in [6, 6.07) is 16.2. The second kappa shape index (κ2) is 16.4. The number of fused-ring (bicyclic) bond motifs is 1. The van der Waals surface area contributed by atoms with Crippen LogP contribution < -0.4 is 15.4 Å². The predicted molar refractivity (Wildman–Crippen MR) is 180 cm³/mol. The fraction of sp³-hybridized carbons (Fsp3) is 0.455. The van der Waals surface area contributed by atoms with Gasteiger partial charge in [-0.15, -0.1) is 11.3 Å². The highest BCUT2D eigenvalue weighted by molar-refractivity contribution is 7.91. The lowest BCUT2D eigenvalue weighted by Crippen LogP contribution is -2.48. The van der Waals surface area contributed by atoms with Gasteiger partial charge in [-0.05, 0) is 74.9 Å². The summed E-state index contributed by atoms with van der Waals surface area (Å²) in [6.07, 6.45) is 1.53. The third kappa shape index (κ3) is 9.29. The molecule has 0 saturated carbocycles. The van der Waals surface area contributed by atoms with Crippen molar-refractivity contribution < 1.29 is 32.6 Å². The van der Waals surface area contributed by atoms with Crippen LogP contribution in [0.5, 0.6) is 5.75 Å². The van der Waals surface area contributed by atoms with E-state index in [0.717, 1.165) is 24.2 Å². The zero-order valence-electron chi connectivity index (χ0n) is 26.7. The molecule has 0 saturated heterocycles. The Hall–Kier alpha value is -3.49. The number of thiophene rings is 1. The minimum absolute atomic E-state index is 0.0949. The van der Waals surface area contributed by atoms with E-state index in [4.69, 9.17) is 9.47 Å². The average Bonchev–Trinajstić information content (AvgIpc) is 3.59. The van der Waals surface area contributed by atoms with Gasteiger partial charge < -0.3 is 30.1 Å². The highest BCUT2D eigenvalue weighted by Gasteiger charge is 2.32. The molecule has 0 bridgehead atoms. The van der Waals surface area contributed by atoms with Crippen LogP contribution >= 0.6 is 11.3 Å². The van der Waals surface area contributed by atoms with E-state index < -0.39 is 34.1 Å². The molecule has 3 amide bonds. The molecule has 0 unspecified atom stereocenters. The number of sulfonamides is 1. The number of aliphatic hydroxyl groups excluding tert-OH is 1. The van der Waals surface area contributed by atoms with E-state index in [2.05, 4.69) is 10.6 Å². The lowest BCUT2D eigenvalue weighted by Gasteiger charge is -2.35. The topological polar surface area (TPSA) is 138 Å². The standard InChI is InChI=1S/C33H44N4O7S2/c1-23-20-37(24(2)22-38)32(39)28-19-27(35-33(40)34-26-12-6-5-7-13-26)15-16-29(28)44-25(3)11-8-9-17-43-30(23)21-36(4)46(41,42)31-14-10-18-45-31/h5-7,10,12-16,18-19,23-25,30,38H,8-9,11,17,20-22H2,1-4H3,(H2,34,35,40)/t23-,24+,25+,30+/m0/s1. The first-order chi connectivity index (χ1) is 22.0. The molecule has 0 aliphatic carbocycles. The Bertz CT molecular complexity index is 1540. The molecule has 250 valence electrons. The number of anilines is 2. The van der Waals surface area contributed by atoms with Gasteiger partial charge in [0.15, 0.2) is 0 Å². The van der Waals surface area contributed by atoms with Gasteiger partial charge in [-0.1, -0.05) is 31.2 Å². The van der Waals surface area contributed by atoms with Gasteiger partial charge in [0.2, 0.25) is 0 Å². The van der Waals surface area contributed by atoms with Crippen LogP contribution in [0.4, 0.5) is 16.2 Å². The van der Waals surface area contributed by atoms with Crippen LogP contribution in [0.2, 0.25) is 0 Å². The van der Waals surface area contributed by atoms with Crippen molar-refractivity contribution in [1.82, 2.24) is 9.21 Å². The SMILES string of the molecule is C[C@@H]1CCCCO[C@H](CN(C)S(=O)(=O)c2cccs2)[C@@H](C)CN([C@H](C)CO)C(=O)c2cc(NC(=O)Nc3ccccc3)ccc2O1. The Morgan fingerprint density at radius 3 is 2.52 bits per heavy atom. The van der Waals surface area contributed by atoms with E-state index in [9.17, 15) is 23.1 Å². The molecule has 13 heteroatoms. The summed E-state index contributed by atoms with van der Waals surface area (Å²) in [6.45, 7) is 6.00. The Morgan fingerprint density at radius 2 is 1.83 bits per heavy atom. The number of nitrogens with zero attached hydrogens (tertiary/aromatic N) is 2. The molecule has 2 aromatic carbocycles. The maximum absolute atomic E-state index is 14.3. The van der Waals surface area contributed by atoms with Crippen molar-refractivity contribution in [3.63, 3.8) is 0 Å². The van der Waals surface area contributed by atoms with Gasteiger partial charge in [-0.2, -0.15) is 4.31 Å². The Labute approximate surface area is 275 Å². The van der Waals surface area contributed by atoms with Crippen molar-refractivity contribution in [1.29, 1.82) is 0 Å². The Kier molecular flexibility index (Phi) is 12.6. The van der Waals surface area contributed by atoms with Crippen molar-refractivity contribution in [2.75, 3.05) is 44.0 Å². The van der Waals surface area contributed by atoms with Crippen molar-refractivity contribution in [2.45, 2.75) is 62.5 Å². The van der Waals surface area contributed by atoms with Gasteiger partial charge in [0.1, 0.15) is 9.96 Å². The van der Waals surface area contributed by atoms with Gasteiger partial charge in [0.05, 0.1) is 30.4 Å². The highest BCUT2D eigenvalue weighted by Crippen LogP contribution is 2.29. The monoisotopic (exact) mass is 672 g/mol. The summed E-state index contributed by atoms with van der Waals surface area (Å²) in [5, 5.41) is 17.5. The number of hydrogen-bond acceptors (Lipinski definition) is 8. The fourth-order valence-electron chi connectivity index (χ4n) is 5.19. The summed E-state index contributed by atoms with van der Waals surface area (Å²) >= 11 is 1.16. The molecule has 3 N–H and O–H groups in total. The summed E-state index contributed by atoms with van der Waals surface area (Å²) in [5.41, 5.74) is 1.25. The van der Waals surface area contributed by atoms with E-state index >= 15 is 0 Å². The maximum Gasteiger partial charge on any atom is 0.323 e. The van der Waals surface area contributed by atoms with E-state index in [1.54, 1.807) is 59.7 Å². The third-order valence-corrected chi connectivity index (χ3v) is 11.1. The number of para-hydroxylation sites is 1. The molecule has 4 atom stereocenters. The van der Waals surface area contributed by atoms with Crippen LogP contribution in [0.1, 0.15) is 50.4 Å². The normalized spacial score (nSPS) is 20.7. The number of amides is 3. The number of carbonyl (C=O) groups is 2. The van der Waals surface area contributed by atoms with Crippen LogP contribution in [0.25, 0.3) is 0 Å². The van der Waals surface area contributed by atoms with Crippen LogP contribution in [-0.4, -0.2) is 86.3 Å². The van der Waals surface area contributed by atoms with Crippen molar-refractivity contribution in [3.8, 4) is 5.75 Å². The van der Waals surface area contributed by atoms with Crippen molar-refractivity contribution >= 4 is 44.7 Å². The smallest absolute Gasteiger partial charge is 0.323 e. The number of carbonyl (C=O) groups excluding carboxylic acids is 2. The molecule has 0 radical (unpaired) electrons. The summed E-state index contributed by atoms with van der Waals surface area (Å²) in [7, 11) is -2.18. The molecule has 1 aliphatic heterocycles. The largest absolute Gasteiger partial charge is 0.490 e. The zero-order valence-corrected chi connectivity index (χ0v) is 28.4. The lowest BCUT2D eigenvalue weighted by molar-refractivity contribution is -0.00832. The van der Waals surface area contributed by atoms with Crippen molar-refractivity contribution in [2.24, 2.45) is 5.92 Å². The molecule has 1 aromatic heterocycles. The minimum atomic E-state index is -3.71. The molecular formula is C33H44N4O7S2. The fourth-order valence-corrected chi connectivity index (χ4v) is 7.58. The van der Waals surface area contributed by atoms with E-state index in [1.807, 2.05) is 32.0 Å². The summed E-state index contributed by atoms with van der Waals surface area (Å²) in [4.78, 5) is 28.6. The molecule has 3 aromatic rings. The number of likely N-dealkylation sites (N-methyl/N-ethyl adjacent to an activating group) is 1. The van der Waals surface area contributed by atoms with Crippen LogP contribution in [-0.2, 0) is 14.8 Å². The average molecular weight is 673 g/mol.